The van der Waals surface area contributed by atoms with Crippen molar-refractivity contribution in [1.82, 2.24) is 0 Å². The Labute approximate surface area is 148 Å². The summed E-state index contributed by atoms with van der Waals surface area (Å²) in [6.07, 6.45) is 0. The molecule has 3 nitrogen and oxygen atoms in total. The minimum absolute atomic E-state index is 0.337. The average Bonchev–Trinajstić information content (AvgIpc) is 2.78. The zero-order valence-electron chi connectivity index (χ0n) is 13.1. The lowest BCUT2D eigenvalue weighted by atomic mass is 10.0. The van der Waals surface area contributed by atoms with E-state index >= 15 is 0 Å². The third kappa shape index (κ3) is 2.83. The molecule has 4 rings (SSSR count). The number of carbonyl (C=O) groups excluding carboxylic acids is 1. The molecule has 3 aromatic rings. The van der Waals surface area contributed by atoms with Crippen molar-refractivity contribution >= 4 is 29.1 Å². The number of hydrogen-bond acceptors (Lipinski definition) is 3. The molecule has 0 saturated carbocycles. The van der Waals surface area contributed by atoms with Gasteiger partial charge in [-0.25, -0.2) is 9.38 Å². The van der Waals surface area contributed by atoms with Crippen LogP contribution in [-0.4, -0.2) is 11.6 Å². The quantitative estimate of drug-likeness (QED) is 0.577. The Hall–Kier alpha value is -2.92. The maximum Gasteiger partial charge on any atom is 0.248 e. The van der Waals surface area contributed by atoms with E-state index in [1.54, 1.807) is 30.3 Å². The molecule has 0 unspecified atom stereocenters. The van der Waals surface area contributed by atoms with Crippen LogP contribution in [0.5, 0.6) is 0 Å². The molecule has 1 aliphatic rings. The fraction of sp³-hybridized carbons (Fsp3) is 0. The third-order valence-electron chi connectivity index (χ3n) is 3.97. The molecule has 25 heavy (non-hydrogen) atoms. The second-order valence-electron chi connectivity index (χ2n) is 5.59. The smallest absolute Gasteiger partial charge is 0.248 e. The maximum absolute atomic E-state index is 14.4. The summed E-state index contributed by atoms with van der Waals surface area (Å²) in [6.45, 7) is 0. The summed E-state index contributed by atoms with van der Waals surface area (Å²) in [5, 5.41) is 0. The highest BCUT2D eigenvalue weighted by Gasteiger charge is 2.21. The first kappa shape index (κ1) is 15.6. The minimum atomic E-state index is -0.516. The molecule has 3 aromatic carbocycles. The van der Waals surface area contributed by atoms with E-state index in [2.05, 4.69) is 0 Å². The van der Waals surface area contributed by atoms with Crippen molar-refractivity contribution in [1.29, 1.82) is 0 Å². The van der Waals surface area contributed by atoms with Crippen molar-refractivity contribution in [3.05, 3.63) is 89.2 Å². The molecular formula is C20H13FN2OS. The lowest BCUT2D eigenvalue weighted by Gasteiger charge is -2.09. The zero-order chi connectivity index (χ0) is 17.4. The van der Waals surface area contributed by atoms with Crippen molar-refractivity contribution in [2.45, 2.75) is 9.79 Å². The van der Waals surface area contributed by atoms with E-state index in [4.69, 9.17) is 10.7 Å². The Kier molecular flexibility index (Phi) is 3.86. The van der Waals surface area contributed by atoms with Crippen LogP contribution in [0.3, 0.4) is 0 Å². The number of benzene rings is 3. The van der Waals surface area contributed by atoms with Gasteiger partial charge in [0.2, 0.25) is 5.91 Å². The van der Waals surface area contributed by atoms with Gasteiger partial charge in [-0.15, -0.1) is 0 Å². The van der Waals surface area contributed by atoms with Gasteiger partial charge < -0.3 is 5.73 Å². The molecule has 0 aromatic heterocycles. The molecule has 0 fully saturated rings. The number of nitrogens with zero attached hydrogens (tertiary/aromatic N) is 1. The predicted octanol–water partition coefficient (Wildman–Crippen LogP) is 4.56. The van der Waals surface area contributed by atoms with Gasteiger partial charge in [0.25, 0.3) is 0 Å². The first-order valence-corrected chi connectivity index (χ1v) is 8.50. The van der Waals surface area contributed by atoms with Gasteiger partial charge in [0, 0.05) is 26.5 Å². The molecule has 2 N–H and O–H groups in total. The summed E-state index contributed by atoms with van der Waals surface area (Å²) >= 11 is 1.54. The molecule has 1 heterocycles. The Morgan fingerprint density at radius 3 is 2.40 bits per heavy atom. The van der Waals surface area contributed by atoms with Gasteiger partial charge in [0.15, 0.2) is 0 Å². The zero-order valence-corrected chi connectivity index (χ0v) is 13.9. The lowest BCUT2D eigenvalue weighted by molar-refractivity contribution is 0.1000. The molecule has 0 radical (unpaired) electrons. The highest BCUT2D eigenvalue weighted by atomic mass is 32.2. The highest BCUT2D eigenvalue weighted by Crippen LogP contribution is 2.41. The summed E-state index contributed by atoms with van der Waals surface area (Å²) in [7, 11) is 0. The van der Waals surface area contributed by atoms with Crippen molar-refractivity contribution in [2.24, 2.45) is 10.7 Å². The van der Waals surface area contributed by atoms with Gasteiger partial charge in [-0.1, -0.05) is 42.1 Å². The maximum atomic E-state index is 14.4. The summed E-state index contributed by atoms with van der Waals surface area (Å²) in [5.41, 5.74) is 8.19. The van der Waals surface area contributed by atoms with Gasteiger partial charge in [0.1, 0.15) is 5.82 Å². The van der Waals surface area contributed by atoms with E-state index in [0.29, 0.717) is 22.5 Å². The van der Waals surface area contributed by atoms with Gasteiger partial charge in [-0.3, -0.25) is 4.79 Å². The fourth-order valence-electron chi connectivity index (χ4n) is 2.75. The second-order valence-corrected chi connectivity index (χ2v) is 6.67. The van der Waals surface area contributed by atoms with Crippen molar-refractivity contribution < 1.29 is 9.18 Å². The third-order valence-corrected chi connectivity index (χ3v) is 5.11. The number of hydrogen-bond donors (Lipinski definition) is 1. The standard InChI is InChI=1S/C20H13FN2OS/c21-15-7-3-1-5-13(15)19-14-6-2-4-8-17(14)25-18-10-9-12(20(22)24)11-16(18)23-19/h1-11H,(H2,22,24). The SMILES string of the molecule is NC(=O)c1ccc2c(c1)N=C(c1ccccc1F)c1ccccc1S2. The normalized spacial score (nSPS) is 12.6. The van der Waals surface area contributed by atoms with Crippen LogP contribution in [0.1, 0.15) is 21.5 Å². The van der Waals surface area contributed by atoms with E-state index in [1.165, 1.54) is 17.8 Å². The van der Waals surface area contributed by atoms with E-state index in [1.807, 2.05) is 30.3 Å². The molecule has 122 valence electrons. The Balaban J connectivity index is 2.00. The van der Waals surface area contributed by atoms with Crippen LogP contribution in [0.15, 0.2) is 81.5 Å². The molecule has 0 spiro atoms. The molecule has 0 aliphatic carbocycles. The van der Waals surface area contributed by atoms with E-state index in [9.17, 15) is 9.18 Å². The van der Waals surface area contributed by atoms with Crippen LogP contribution < -0.4 is 5.73 Å². The van der Waals surface area contributed by atoms with E-state index < -0.39 is 5.91 Å². The number of halogens is 1. The number of primary amides is 1. The highest BCUT2D eigenvalue weighted by molar-refractivity contribution is 7.99. The fourth-order valence-corrected chi connectivity index (χ4v) is 3.76. The van der Waals surface area contributed by atoms with Crippen LogP contribution in [0.25, 0.3) is 0 Å². The first-order valence-electron chi connectivity index (χ1n) is 7.68. The Morgan fingerprint density at radius 2 is 1.64 bits per heavy atom. The van der Waals surface area contributed by atoms with E-state index in [-0.39, 0.29) is 5.82 Å². The minimum Gasteiger partial charge on any atom is -0.366 e. The second kappa shape index (κ2) is 6.18. The molecule has 1 amide bonds. The van der Waals surface area contributed by atoms with Gasteiger partial charge in [-0.2, -0.15) is 0 Å². The van der Waals surface area contributed by atoms with Crippen LogP contribution in [0.2, 0.25) is 0 Å². The molecule has 5 heteroatoms. The molecule has 0 bridgehead atoms. The number of amides is 1. The van der Waals surface area contributed by atoms with Gasteiger partial charge in [0.05, 0.1) is 11.4 Å². The molecule has 0 atom stereocenters. The largest absolute Gasteiger partial charge is 0.366 e. The molecule has 1 aliphatic heterocycles. The number of rotatable bonds is 2. The average molecular weight is 348 g/mol. The van der Waals surface area contributed by atoms with Crippen LogP contribution in [0.4, 0.5) is 10.1 Å². The number of carbonyl (C=O) groups is 1. The summed E-state index contributed by atoms with van der Waals surface area (Å²) in [4.78, 5) is 18.1. The first-order chi connectivity index (χ1) is 12.1. The Bertz CT molecular complexity index is 1030. The number of aliphatic imine (C=N–C) groups is 1. The van der Waals surface area contributed by atoms with E-state index in [0.717, 1.165) is 15.4 Å². The number of nitrogens with two attached hydrogens (primary N) is 1. The summed E-state index contributed by atoms with van der Waals surface area (Å²) < 4.78 is 14.4. The van der Waals surface area contributed by atoms with Crippen molar-refractivity contribution in [2.75, 3.05) is 0 Å². The predicted molar refractivity (Wildman–Crippen MR) is 97.2 cm³/mol. The van der Waals surface area contributed by atoms with Crippen LogP contribution in [-0.2, 0) is 0 Å². The van der Waals surface area contributed by atoms with Gasteiger partial charge >= 0.3 is 0 Å². The van der Waals surface area contributed by atoms with Crippen LogP contribution >= 0.6 is 11.8 Å². The van der Waals surface area contributed by atoms with Crippen molar-refractivity contribution in [3.63, 3.8) is 0 Å². The number of fused-ring (bicyclic) bond motifs is 2. The molecule has 0 saturated heterocycles. The summed E-state index contributed by atoms with van der Waals surface area (Å²) in [6, 6.07) is 19.5. The molecular weight excluding hydrogens is 335 g/mol. The lowest BCUT2D eigenvalue weighted by Crippen LogP contribution is -2.10. The summed E-state index contributed by atoms with van der Waals surface area (Å²) in [5.74, 6) is -0.854. The van der Waals surface area contributed by atoms with Gasteiger partial charge in [-0.05, 0) is 36.4 Å². The Morgan fingerprint density at radius 1 is 0.920 bits per heavy atom. The monoisotopic (exact) mass is 348 g/mol. The van der Waals surface area contributed by atoms with Crippen LogP contribution in [0, 0.1) is 5.82 Å². The van der Waals surface area contributed by atoms with Crippen molar-refractivity contribution in [3.8, 4) is 0 Å². The topological polar surface area (TPSA) is 55.5 Å².